The number of nitrogens with two attached hydrogens (primary N) is 3. The minimum atomic E-state index is -1.99. The molecule has 0 aromatic heterocycles. The van der Waals surface area contributed by atoms with Crippen LogP contribution in [0.15, 0.2) is 0 Å². The summed E-state index contributed by atoms with van der Waals surface area (Å²) in [6, 6.07) is -0.205. The van der Waals surface area contributed by atoms with E-state index in [-0.39, 0.29) is 54.4 Å². The normalized spacial score (nSPS) is 49.1. The number of guanidine groups is 1. The van der Waals surface area contributed by atoms with E-state index < -0.39 is 91.3 Å². The van der Waals surface area contributed by atoms with Crippen molar-refractivity contribution in [2.24, 2.45) is 58.8 Å². The lowest BCUT2D eigenvalue weighted by Crippen LogP contribution is -2.94. The van der Waals surface area contributed by atoms with Gasteiger partial charge in [-0.1, -0.05) is 0 Å². The number of Topliss-reactive ketones (excluding diaryl/α,β-unsaturated/α-hetero) is 2. The molecule has 4 aliphatic carbocycles. The minimum absolute atomic E-state index is 0.0125. The van der Waals surface area contributed by atoms with E-state index in [0.29, 0.717) is 18.8 Å². The van der Waals surface area contributed by atoms with E-state index in [9.17, 15) is 40.2 Å². The van der Waals surface area contributed by atoms with Crippen molar-refractivity contribution in [3.63, 3.8) is 0 Å². The third-order valence-corrected chi connectivity index (χ3v) is 13.6. The molecule has 14 N–H and O–H groups in total. The largest absolute Gasteiger partial charge is 0.396 e. The number of quaternary nitrogens is 1. The molecule has 0 bridgehead atoms. The lowest BCUT2D eigenvalue weighted by atomic mass is 9.50. The van der Waals surface area contributed by atoms with Gasteiger partial charge in [0.1, 0.15) is 41.6 Å². The van der Waals surface area contributed by atoms with Gasteiger partial charge in [-0.25, -0.2) is 0 Å². The van der Waals surface area contributed by atoms with E-state index >= 15 is 0 Å². The molecule has 0 aromatic rings. The van der Waals surface area contributed by atoms with Crippen molar-refractivity contribution in [1.82, 2.24) is 5.32 Å². The molecule has 16 nitrogen and oxygen atoms in total. The van der Waals surface area contributed by atoms with Crippen LogP contribution in [0.5, 0.6) is 0 Å². The van der Waals surface area contributed by atoms with Crippen LogP contribution >= 0.6 is 0 Å². The van der Waals surface area contributed by atoms with Gasteiger partial charge in [-0.05, 0) is 56.8 Å². The van der Waals surface area contributed by atoms with Crippen LogP contribution < -0.4 is 27.1 Å². The highest BCUT2D eigenvalue weighted by atomic mass is 16.7. The molecule has 6 aliphatic rings. The molecule has 51 heavy (non-hydrogen) atoms. The Morgan fingerprint density at radius 2 is 1.78 bits per heavy atom. The highest BCUT2D eigenvalue weighted by Gasteiger charge is 2.65. The van der Waals surface area contributed by atoms with E-state index in [1.54, 1.807) is 7.05 Å². The van der Waals surface area contributed by atoms with Gasteiger partial charge in [0.05, 0.1) is 56.4 Å². The fourth-order valence-corrected chi connectivity index (χ4v) is 10.9. The zero-order valence-corrected chi connectivity index (χ0v) is 29.8. The van der Waals surface area contributed by atoms with Crippen LogP contribution in [0.4, 0.5) is 0 Å². The summed E-state index contributed by atoms with van der Waals surface area (Å²) in [4.78, 5) is 32.1. The number of ketones is 2. The molecule has 0 spiro atoms. The minimum Gasteiger partial charge on any atom is -0.396 e. The highest BCUT2D eigenvalue weighted by Crippen LogP contribution is 2.54. The van der Waals surface area contributed by atoms with Crippen molar-refractivity contribution in [2.75, 3.05) is 33.9 Å². The zero-order chi connectivity index (χ0) is 36.8. The van der Waals surface area contributed by atoms with Crippen LogP contribution in [0.2, 0.25) is 0 Å². The Kier molecular flexibility index (Phi) is 12.1. The van der Waals surface area contributed by atoms with E-state index in [4.69, 9.17) is 25.7 Å². The summed E-state index contributed by atoms with van der Waals surface area (Å²) < 4.78 is 18.1. The van der Waals surface area contributed by atoms with Crippen LogP contribution in [0.3, 0.4) is 0 Å². The number of hydrogen-bond donors (Lipinski definition) is 11. The van der Waals surface area contributed by atoms with Crippen LogP contribution in [-0.2, 0) is 23.8 Å². The molecule has 290 valence electrons. The summed E-state index contributed by atoms with van der Waals surface area (Å²) in [5.74, 6) is -4.90. The fourth-order valence-electron chi connectivity index (χ4n) is 10.9. The molecule has 2 heterocycles. The number of aliphatic hydroxyl groups excluding tert-OH is 5. The highest BCUT2D eigenvalue weighted by molar-refractivity contribution is 6.01. The van der Waals surface area contributed by atoms with E-state index in [2.05, 4.69) is 15.6 Å². The average Bonchev–Trinajstić information content (AvgIpc) is 3.12. The second-order valence-corrected chi connectivity index (χ2v) is 16.1. The molecule has 4 saturated carbocycles. The molecule has 18 unspecified atom stereocenters. The first-order valence-corrected chi connectivity index (χ1v) is 18.9. The van der Waals surface area contributed by atoms with Gasteiger partial charge >= 0.3 is 5.96 Å². The molecule has 6 rings (SSSR count). The molecule has 0 aromatic carbocycles. The summed E-state index contributed by atoms with van der Waals surface area (Å²) in [6.45, 7) is -0.243. The Balaban J connectivity index is 1.25. The molecular weight excluding hydrogens is 666 g/mol. The van der Waals surface area contributed by atoms with Crippen LogP contribution in [0, 0.1) is 47.3 Å². The van der Waals surface area contributed by atoms with Gasteiger partial charge in [0.2, 0.25) is 0 Å². The number of rotatable bonds is 9. The number of piperidine rings is 1. The Labute approximate surface area is 298 Å². The number of carbonyl (C=O) groups is 2. The smallest absolute Gasteiger partial charge is 0.341 e. The monoisotopic (exact) mass is 727 g/mol. The molecule has 18 atom stereocenters. The van der Waals surface area contributed by atoms with Gasteiger partial charge in [0, 0.05) is 50.2 Å². The molecule has 6 fully saturated rings. The average molecular weight is 728 g/mol. The molecular formula is C35H61N5O11+2. The quantitative estimate of drug-likeness (QED) is 0.0781. The number of carbonyl (C=O) groups excluding carboxylic acids is 2. The van der Waals surface area contributed by atoms with Crippen molar-refractivity contribution in [2.45, 2.75) is 119 Å². The first-order chi connectivity index (χ1) is 24.4. The van der Waals surface area contributed by atoms with E-state index in [0.717, 1.165) is 38.6 Å². The first kappa shape index (κ1) is 38.9. The summed E-state index contributed by atoms with van der Waals surface area (Å²) in [7, 11) is 3.14. The first-order valence-electron chi connectivity index (χ1n) is 18.9. The number of fused-ring (bicyclic) bond motifs is 3. The van der Waals surface area contributed by atoms with E-state index in [1.165, 1.54) is 7.11 Å². The van der Waals surface area contributed by atoms with Gasteiger partial charge in [-0.2, -0.15) is 0 Å². The Morgan fingerprint density at radius 1 is 1.02 bits per heavy atom. The fraction of sp³-hybridized carbons (Fsp3) is 0.914. The van der Waals surface area contributed by atoms with Gasteiger partial charge < -0.3 is 50.2 Å². The van der Waals surface area contributed by atoms with Crippen molar-refractivity contribution >= 4 is 17.5 Å². The van der Waals surface area contributed by atoms with Crippen molar-refractivity contribution in [3.8, 4) is 0 Å². The second-order valence-electron chi connectivity index (χ2n) is 16.1. The third-order valence-electron chi connectivity index (χ3n) is 13.6. The summed E-state index contributed by atoms with van der Waals surface area (Å²) in [5.41, 5.74) is 10.2. The Morgan fingerprint density at radius 3 is 2.45 bits per heavy atom. The second kappa shape index (κ2) is 15.9. The summed E-state index contributed by atoms with van der Waals surface area (Å²) >= 11 is 0. The lowest BCUT2D eigenvalue weighted by Gasteiger charge is -2.56. The van der Waals surface area contributed by atoms with Gasteiger partial charge in [0.25, 0.3) is 0 Å². The predicted octanol–water partition coefficient (Wildman–Crippen LogP) is -5.61. The summed E-state index contributed by atoms with van der Waals surface area (Å²) in [6.07, 6.45) is -4.32. The standard InChI is InChI=1S/C35H59N5O11/c1-38-34(37)40-19-5-3-4-16-11-17-26(29(44)24(16)19)30(45)27-21(12-20(49-2)18(13-41)25(27)28(17)43)50-33-31(46)32(47)35(48,22(14-42)51-33)8-6-15-7-9-39-23(36)10-15/h15-27,29,31-33,39,41-42,44,46-48H,3-14,36H2,1-2H3,(H3,37,38,40)/p+2. The molecule has 0 amide bonds. The topological polar surface area (TPSA) is 278 Å². The van der Waals surface area contributed by atoms with Crippen molar-refractivity contribution < 1.29 is 64.7 Å². The van der Waals surface area contributed by atoms with Gasteiger partial charge in [-0.15, -0.1) is 0 Å². The predicted molar refractivity (Wildman–Crippen MR) is 179 cm³/mol. The Bertz CT molecular complexity index is 1270. The van der Waals surface area contributed by atoms with Crippen molar-refractivity contribution in [1.29, 1.82) is 0 Å². The van der Waals surface area contributed by atoms with Crippen LogP contribution in [0.25, 0.3) is 0 Å². The summed E-state index contributed by atoms with van der Waals surface area (Å²) in [5, 5.41) is 72.5. The number of hydrogen-bond acceptors (Lipinski definition) is 12. The maximum absolute atomic E-state index is 14.7. The van der Waals surface area contributed by atoms with Crippen molar-refractivity contribution in [3.05, 3.63) is 0 Å². The number of aliphatic hydroxyl groups is 6. The van der Waals surface area contributed by atoms with E-state index in [1.807, 2.05) is 0 Å². The van der Waals surface area contributed by atoms with Crippen LogP contribution in [0.1, 0.15) is 57.8 Å². The maximum atomic E-state index is 14.7. The van der Waals surface area contributed by atoms with Crippen LogP contribution in [-0.4, -0.2) is 143 Å². The molecule has 16 heteroatoms. The molecule has 2 aliphatic heterocycles. The molecule has 2 saturated heterocycles. The molecule has 0 radical (unpaired) electrons. The van der Waals surface area contributed by atoms with Gasteiger partial charge in [-0.3, -0.25) is 31.4 Å². The zero-order valence-electron chi connectivity index (χ0n) is 29.8. The maximum Gasteiger partial charge on any atom is 0.341 e. The lowest BCUT2D eigenvalue weighted by molar-refractivity contribution is -0.699. The SMILES string of the molecule is C[NH+]=C(N)NC1CCCC2CC3C(=O)C4C(CO)C(OC)CC(OC5OC(CO)C(O)(CCC6CC[NH2+]C(N)C6)C(O)C5O)C4C(=O)C3C(O)C21. The number of methoxy groups -OCH3 is 1. The van der Waals surface area contributed by atoms with Gasteiger partial charge in [0.15, 0.2) is 6.29 Å². The Hall–Kier alpha value is -1.83. The number of ether oxygens (including phenoxy) is 3. The number of nitrogens with one attached hydrogen (secondary N) is 2. The third kappa shape index (κ3) is 7.11.